The van der Waals surface area contributed by atoms with Gasteiger partial charge in [0.25, 0.3) is 0 Å². The van der Waals surface area contributed by atoms with Gasteiger partial charge < -0.3 is 20.1 Å². The van der Waals surface area contributed by atoms with E-state index in [1.54, 1.807) is 44.6 Å². The quantitative estimate of drug-likeness (QED) is 0.800. The largest absolute Gasteiger partial charge is 0.493 e. The van der Waals surface area contributed by atoms with Gasteiger partial charge in [0, 0.05) is 17.3 Å². The Hall–Kier alpha value is -3.02. The van der Waals surface area contributed by atoms with Crippen LogP contribution in [0.15, 0.2) is 42.5 Å². The standard InChI is InChI=1S/C20H22N2O4/c1-25-17-9-6-13(10-18(17)26-2)11-19(23)21-15-4-3-5-16(12-15)22-20(24)14-7-8-14/h3-6,9-10,12,14H,7-8,11H2,1-2H3,(H,21,23)(H,22,24). The molecule has 0 bridgehead atoms. The van der Waals surface area contributed by atoms with Gasteiger partial charge in [-0.15, -0.1) is 0 Å². The highest BCUT2D eigenvalue weighted by Gasteiger charge is 2.29. The van der Waals surface area contributed by atoms with E-state index in [1.807, 2.05) is 12.1 Å². The van der Waals surface area contributed by atoms with Crippen LogP contribution in [0.3, 0.4) is 0 Å². The van der Waals surface area contributed by atoms with Crippen LogP contribution in [0.5, 0.6) is 11.5 Å². The second-order valence-electron chi connectivity index (χ2n) is 6.26. The van der Waals surface area contributed by atoms with Crippen molar-refractivity contribution in [2.75, 3.05) is 24.9 Å². The van der Waals surface area contributed by atoms with Crippen molar-refractivity contribution in [2.24, 2.45) is 5.92 Å². The number of nitrogens with one attached hydrogen (secondary N) is 2. The summed E-state index contributed by atoms with van der Waals surface area (Å²) in [6.45, 7) is 0. The van der Waals surface area contributed by atoms with E-state index in [4.69, 9.17) is 9.47 Å². The van der Waals surface area contributed by atoms with Crippen molar-refractivity contribution in [3.05, 3.63) is 48.0 Å². The number of carbonyl (C=O) groups is 2. The SMILES string of the molecule is COc1ccc(CC(=O)Nc2cccc(NC(=O)C3CC3)c2)cc1OC. The lowest BCUT2D eigenvalue weighted by Crippen LogP contribution is -2.16. The number of hydrogen-bond donors (Lipinski definition) is 2. The predicted octanol–water partition coefficient (Wildman–Crippen LogP) is 3.23. The first-order valence-electron chi connectivity index (χ1n) is 8.50. The van der Waals surface area contributed by atoms with E-state index in [1.165, 1.54) is 0 Å². The highest BCUT2D eigenvalue weighted by Crippen LogP contribution is 2.30. The van der Waals surface area contributed by atoms with Crippen LogP contribution in [0.4, 0.5) is 11.4 Å². The highest BCUT2D eigenvalue weighted by molar-refractivity contribution is 5.96. The fraction of sp³-hybridized carbons (Fsp3) is 0.300. The Balaban J connectivity index is 1.61. The third-order valence-corrected chi connectivity index (χ3v) is 4.17. The molecule has 3 rings (SSSR count). The van der Waals surface area contributed by atoms with E-state index in [0.29, 0.717) is 22.9 Å². The molecule has 1 fully saturated rings. The molecule has 2 aromatic carbocycles. The van der Waals surface area contributed by atoms with E-state index < -0.39 is 0 Å². The van der Waals surface area contributed by atoms with Crippen molar-refractivity contribution >= 4 is 23.2 Å². The highest BCUT2D eigenvalue weighted by atomic mass is 16.5. The molecule has 0 atom stereocenters. The number of anilines is 2. The fourth-order valence-corrected chi connectivity index (χ4v) is 2.65. The summed E-state index contributed by atoms with van der Waals surface area (Å²) in [6, 6.07) is 12.5. The van der Waals surface area contributed by atoms with Crippen LogP contribution in [0.2, 0.25) is 0 Å². The molecule has 136 valence electrons. The lowest BCUT2D eigenvalue weighted by molar-refractivity contribution is -0.117. The molecule has 0 spiro atoms. The summed E-state index contributed by atoms with van der Waals surface area (Å²) < 4.78 is 10.5. The van der Waals surface area contributed by atoms with Crippen LogP contribution in [0.25, 0.3) is 0 Å². The van der Waals surface area contributed by atoms with Gasteiger partial charge in [0.2, 0.25) is 11.8 Å². The van der Waals surface area contributed by atoms with Gasteiger partial charge in [-0.3, -0.25) is 9.59 Å². The zero-order valence-corrected chi connectivity index (χ0v) is 14.9. The van der Waals surface area contributed by atoms with Crippen LogP contribution < -0.4 is 20.1 Å². The van der Waals surface area contributed by atoms with Crippen molar-refractivity contribution in [3.63, 3.8) is 0 Å². The third-order valence-electron chi connectivity index (χ3n) is 4.17. The fourth-order valence-electron chi connectivity index (χ4n) is 2.65. The molecular formula is C20H22N2O4. The first kappa shape index (κ1) is 17.8. The van der Waals surface area contributed by atoms with E-state index in [-0.39, 0.29) is 24.2 Å². The maximum absolute atomic E-state index is 12.3. The van der Waals surface area contributed by atoms with Gasteiger partial charge >= 0.3 is 0 Å². The van der Waals surface area contributed by atoms with Gasteiger partial charge in [-0.25, -0.2) is 0 Å². The van der Waals surface area contributed by atoms with Crippen molar-refractivity contribution in [3.8, 4) is 11.5 Å². The Kier molecular flexibility index (Phi) is 5.41. The molecule has 2 N–H and O–H groups in total. The summed E-state index contributed by atoms with van der Waals surface area (Å²) in [5.41, 5.74) is 2.15. The van der Waals surface area contributed by atoms with E-state index in [2.05, 4.69) is 10.6 Å². The second kappa shape index (κ2) is 7.91. The molecule has 6 heteroatoms. The predicted molar refractivity (Wildman–Crippen MR) is 99.7 cm³/mol. The number of amides is 2. The molecule has 0 saturated heterocycles. The number of hydrogen-bond acceptors (Lipinski definition) is 4. The van der Waals surface area contributed by atoms with Gasteiger partial charge in [0.05, 0.1) is 20.6 Å². The topological polar surface area (TPSA) is 76.7 Å². The number of rotatable bonds is 7. The summed E-state index contributed by atoms with van der Waals surface area (Å²) in [5, 5.41) is 5.73. The Morgan fingerprint density at radius 3 is 2.31 bits per heavy atom. The van der Waals surface area contributed by atoms with Gasteiger partial charge in [0.15, 0.2) is 11.5 Å². The smallest absolute Gasteiger partial charge is 0.228 e. The van der Waals surface area contributed by atoms with E-state index in [0.717, 1.165) is 18.4 Å². The van der Waals surface area contributed by atoms with Crippen LogP contribution in [0, 0.1) is 5.92 Å². The number of ether oxygens (including phenoxy) is 2. The number of carbonyl (C=O) groups excluding carboxylic acids is 2. The molecule has 0 radical (unpaired) electrons. The second-order valence-corrected chi connectivity index (χ2v) is 6.26. The van der Waals surface area contributed by atoms with Gasteiger partial charge in [-0.05, 0) is 48.7 Å². The molecule has 1 aliphatic rings. The summed E-state index contributed by atoms with van der Waals surface area (Å²) in [7, 11) is 3.13. The molecule has 0 heterocycles. The maximum Gasteiger partial charge on any atom is 0.228 e. The molecule has 0 unspecified atom stereocenters. The normalized spacial score (nSPS) is 13.0. The van der Waals surface area contributed by atoms with Gasteiger partial charge in [-0.2, -0.15) is 0 Å². The molecule has 0 aromatic heterocycles. The Morgan fingerprint density at radius 2 is 1.65 bits per heavy atom. The van der Waals surface area contributed by atoms with Crippen LogP contribution in [-0.4, -0.2) is 26.0 Å². The summed E-state index contributed by atoms with van der Waals surface area (Å²) in [5.74, 6) is 1.23. The van der Waals surface area contributed by atoms with Crippen LogP contribution >= 0.6 is 0 Å². The molecule has 1 saturated carbocycles. The molecule has 0 aliphatic heterocycles. The van der Waals surface area contributed by atoms with Gasteiger partial charge in [0.1, 0.15) is 0 Å². The van der Waals surface area contributed by atoms with Crippen molar-refractivity contribution in [1.82, 2.24) is 0 Å². The first-order valence-corrected chi connectivity index (χ1v) is 8.50. The molecular weight excluding hydrogens is 332 g/mol. The lowest BCUT2D eigenvalue weighted by Gasteiger charge is -2.11. The Labute approximate surface area is 152 Å². The third kappa shape index (κ3) is 4.53. The minimum atomic E-state index is -0.150. The molecule has 26 heavy (non-hydrogen) atoms. The Bertz CT molecular complexity index is 815. The molecule has 6 nitrogen and oxygen atoms in total. The monoisotopic (exact) mass is 354 g/mol. The maximum atomic E-state index is 12.3. The van der Waals surface area contributed by atoms with E-state index in [9.17, 15) is 9.59 Å². The van der Waals surface area contributed by atoms with Crippen LogP contribution in [-0.2, 0) is 16.0 Å². The number of benzene rings is 2. The zero-order valence-electron chi connectivity index (χ0n) is 14.9. The molecule has 2 amide bonds. The minimum absolute atomic E-state index is 0.0406. The lowest BCUT2D eigenvalue weighted by atomic mass is 10.1. The zero-order chi connectivity index (χ0) is 18.5. The summed E-state index contributed by atoms with van der Waals surface area (Å²) in [4.78, 5) is 24.2. The average Bonchev–Trinajstić information content (AvgIpc) is 3.47. The van der Waals surface area contributed by atoms with Crippen molar-refractivity contribution < 1.29 is 19.1 Å². The summed E-state index contributed by atoms with van der Waals surface area (Å²) >= 11 is 0. The van der Waals surface area contributed by atoms with Gasteiger partial charge in [-0.1, -0.05) is 12.1 Å². The summed E-state index contributed by atoms with van der Waals surface area (Å²) in [6.07, 6.45) is 2.11. The average molecular weight is 354 g/mol. The molecule has 1 aliphatic carbocycles. The molecule has 2 aromatic rings. The minimum Gasteiger partial charge on any atom is -0.493 e. The first-order chi connectivity index (χ1) is 12.6. The van der Waals surface area contributed by atoms with Crippen LogP contribution in [0.1, 0.15) is 18.4 Å². The van der Waals surface area contributed by atoms with Crippen molar-refractivity contribution in [1.29, 1.82) is 0 Å². The van der Waals surface area contributed by atoms with Crippen molar-refractivity contribution in [2.45, 2.75) is 19.3 Å². The van der Waals surface area contributed by atoms with E-state index >= 15 is 0 Å². The number of methoxy groups -OCH3 is 2. The Morgan fingerprint density at radius 1 is 0.962 bits per heavy atom.